The van der Waals surface area contributed by atoms with Crippen LogP contribution in [0.1, 0.15) is 27.7 Å². The molecule has 0 bridgehead atoms. The highest BCUT2D eigenvalue weighted by molar-refractivity contribution is 9.24. The second-order valence-corrected chi connectivity index (χ2v) is 7.19. The molecule has 0 N–H and O–H groups in total. The summed E-state index contributed by atoms with van der Waals surface area (Å²) in [6, 6.07) is 0. The van der Waals surface area contributed by atoms with Crippen LogP contribution in [0.3, 0.4) is 0 Å². The molecule has 72 valence electrons. The molecule has 0 aromatic rings. The third kappa shape index (κ3) is 9.02. The Morgan fingerprint density at radius 1 is 1.00 bits per heavy atom. The minimum absolute atomic E-state index is 0.584. The first kappa shape index (κ1) is 12.9. The fourth-order valence-corrected chi connectivity index (χ4v) is 2.67. The van der Waals surface area contributed by atoms with Crippen molar-refractivity contribution in [2.75, 3.05) is 13.2 Å². The summed E-state index contributed by atoms with van der Waals surface area (Å²) in [6.07, 6.45) is 0. The van der Waals surface area contributed by atoms with Crippen molar-refractivity contribution in [3.05, 3.63) is 0 Å². The maximum atomic E-state index is 5.49. The smallest absolute Gasteiger partial charge is 0.469 e. The standard InChI is InChI=1S/2C4H9O.Al.BrH/c2*1-4(2)3-5;;/h2*4H,3H2,1-2H3;;1H/q2*-1;+3;/p-1. The minimum atomic E-state index is -1.50. The van der Waals surface area contributed by atoms with E-state index in [9.17, 15) is 0 Å². The largest absolute Gasteiger partial charge is 0.774 e. The van der Waals surface area contributed by atoms with Crippen LogP contribution in [0.4, 0.5) is 0 Å². The summed E-state index contributed by atoms with van der Waals surface area (Å²) in [5.41, 5.74) is 0. The summed E-state index contributed by atoms with van der Waals surface area (Å²) in [5, 5.41) is 0. The van der Waals surface area contributed by atoms with Crippen LogP contribution >= 0.6 is 14.1 Å². The molecule has 0 radical (unpaired) electrons. The molecule has 0 rings (SSSR count). The molecule has 12 heavy (non-hydrogen) atoms. The number of hydrogen-bond acceptors (Lipinski definition) is 2. The van der Waals surface area contributed by atoms with Crippen LogP contribution in [0.2, 0.25) is 0 Å². The van der Waals surface area contributed by atoms with Crippen molar-refractivity contribution in [3.63, 3.8) is 0 Å². The lowest BCUT2D eigenvalue weighted by molar-refractivity contribution is 0.180. The topological polar surface area (TPSA) is 18.5 Å². The van der Waals surface area contributed by atoms with E-state index >= 15 is 0 Å². The summed E-state index contributed by atoms with van der Waals surface area (Å²) >= 11 is 1.93. The summed E-state index contributed by atoms with van der Waals surface area (Å²) in [5.74, 6) is 1.17. The van der Waals surface area contributed by atoms with E-state index in [0.29, 0.717) is 11.8 Å². The quantitative estimate of drug-likeness (QED) is 0.677. The van der Waals surface area contributed by atoms with Gasteiger partial charge in [-0.3, -0.25) is 0 Å². The average Bonchev–Trinajstić information content (AvgIpc) is 1.96. The Morgan fingerprint density at radius 3 is 1.58 bits per heavy atom. The molecule has 0 unspecified atom stereocenters. The first-order valence-corrected chi connectivity index (χ1v) is 8.52. The highest BCUT2D eigenvalue weighted by Crippen LogP contribution is 2.04. The van der Waals surface area contributed by atoms with Gasteiger partial charge >= 0.3 is 13.0 Å². The van der Waals surface area contributed by atoms with Gasteiger partial charge in [0.15, 0.2) is 0 Å². The third-order valence-corrected chi connectivity index (χ3v) is 3.62. The third-order valence-electron chi connectivity index (χ3n) is 1.12. The maximum absolute atomic E-state index is 5.49. The van der Waals surface area contributed by atoms with Crippen LogP contribution in [-0.2, 0) is 7.58 Å². The van der Waals surface area contributed by atoms with Gasteiger partial charge in [-0.15, -0.1) is 14.1 Å². The van der Waals surface area contributed by atoms with Crippen LogP contribution in [0, 0.1) is 11.8 Å². The summed E-state index contributed by atoms with van der Waals surface area (Å²) < 4.78 is 11.0. The molecule has 0 aliphatic rings. The Bertz CT molecular complexity index is 97.2. The molecule has 0 fully saturated rings. The molecule has 0 spiro atoms. The van der Waals surface area contributed by atoms with Gasteiger partial charge < -0.3 is 7.58 Å². The highest BCUT2D eigenvalue weighted by atomic mass is 79.9. The molecule has 0 aliphatic heterocycles. The van der Waals surface area contributed by atoms with E-state index in [2.05, 4.69) is 41.7 Å². The van der Waals surface area contributed by atoms with Gasteiger partial charge in [0.2, 0.25) is 0 Å². The fraction of sp³-hybridized carbons (Fsp3) is 1.00. The van der Waals surface area contributed by atoms with Crippen molar-refractivity contribution < 1.29 is 7.58 Å². The zero-order valence-electron chi connectivity index (χ0n) is 8.34. The van der Waals surface area contributed by atoms with Crippen LogP contribution in [-0.4, -0.2) is 26.2 Å². The van der Waals surface area contributed by atoms with Gasteiger partial charge in [0.1, 0.15) is 0 Å². The molecule has 4 heteroatoms. The van der Waals surface area contributed by atoms with Crippen molar-refractivity contribution in [1.82, 2.24) is 0 Å². The van der Waals surface area contributed by atoms with Gasteiger partial charge in [0.05, 0.1) is 0 Å². The Morgan fingerprint density at radius 2 is 1.33 bits per heavy atom. The molecule has 0 amide bonds. The fourth-order valence-electron chi connectivity index (χ4n) is 0.584. The molecular weight excluding hydrogens is 235 g/mol. The monoisotopic (exact) mass is 252 g/mol. The van der Waals surface area contributed by atoms with Gasteiger partial charge in [-0.25, -0.2) is 0 Å². The summed E-state index contributed by atoms with van der Waals surface area (Å²) in [4.78, 5) is 0. The molecule has 0 aromatic carbocycles. The summed E-state index contributed by atoms with van der Waals surface area (Å²) in [7, 11) is 0. The average molecular weight is 253 g/mol. The van der Waals surface area contributed by atoms with Crippen molar-refractivity contribution in [2.45, 2.75) is 27.7 Å². The predicted octanol–water partition coefficient (Wildman–Crippen LogP) is 2.71. The van der Waals surface area contributed by atoms with Gasteiger partial charge in [-0.2, -0.15) is 0 Å². The van der Waals surface area contributed by atoms with E-state index in [-0.39, 0.29) is 0 Å². The number of rotatable bonds is 6. The Hall–Kier alpha value is 0.932. The lowest BCUT2D eigenvalue weighted by Gasteiger charge is -2.11. The molecule has 0 aromatic heterocycles. The zero-order valence-corrected chi connectivity index (χ0v) is 11.1. The van der Waals surface area contributed by atoms with E-state index in [1.54, 1.807) is 0 Å². The molecule has 0 saturated heterocycles. The van der Waals surface area contributed by atoms with Gasteiger partial charge in [-0.1, -0.05) is 27.7 Å². The van der Waals surface area contributed by atoms with Crippen molar-refractivity contribution in [1.29, 1.82) is 0 Å². The highest BCUT2D eigenvalue weighted by Gasteiger charge is 2.21. The zero-order chi connectivity index (χ0) is 9.56. The predicted molar refractivity (Wildman–Crippen MR) is 56.3 cm³/mol. The molecule has 0 atom stereocenters. The lowest BCUT2D eigenvalue weighted by Crippen LogP contribution is -2.20. The van der Waals surface area contributed by atoms with Crippen molar-refractivity contribution in [2.24, 2.45) is 11.8 Å². The first-order valence-electron chi connectivity index (χ1n) is 4.39. The van der Waals surface area contributed by atoms with Crippen molar-refractivity contribution >= 4 is 27.0 Å². The van der Waals surface area contributed by atoms with Gasteiger partial charge in [0.25, 0.3) is 0 Å². The molecule has 0 heterocycles. The van der Waals surface area contributed by atoms with Crippen LogP contribution in [0.15, 0.2) is 0 Å². The van der Waals surface area contributed by atoms with E-state index in [1.807, 2.05) is 0 Å². The Balaban J connectivity index is 3.27. The van der Waals surface area contributed by atoms with Crippen LogP contribution in [0.25, 0.3) is 0 Å². The minimum Gasteiger partial charge on any atom is -0.469 e. The maximum Gasteiger partial charge on any atom is 0.774 e. The van der Waals surface area contributed by atoms with E-state index in [0.717, 1.165) is 13.2 Å². The SMILES string of the molecule is CC(C)C[O][Al]([Br])[O]CC(C)C. The van der Waals surface area contributed by atoms with E-state index < -0.39 is 13.0 Å². The lowest BCUT2D eigenvalue weighted by atomic mass is 10.2. The number of hydrogen-bond donors (Lipinski definition) is 0. The second kappa shape index (κ2) is 7.35. The molecular formula is C8H18AlBrO2. The second-order valence-electron chi connectivity index (χ2n) is 3.73. The van der Waals surface area contributed by atoms with E-state index in [1.165, 1.54) is 0 Å². The van der Waals surface area contributed by atoms with Crippen LogP contribution in [0.5, 0.6) is 0 Å². The van der Waals surface area contributed by atoms with E-state index in [4.69, 9.17) is 7.58 Å². The summed E-state index contributed by atoms with van der Waals surface area (Å²) in [6.45, 7) is 10.1. The van der Waals surface area contributed by atoms with Gasteiger partial charge in [-0.05, 0) is 11.8 Å². The number of halogens is 1. The normalized spacial score (nSPS) is 11.2. The molecule has 0 saturated carbocycles. The van der Waals surface area contributed by atoms with Crippen LogP contribution < -0.4 is 0 Å². The van der Waals surface area contributed by atoms with Crippen molar-refractivity contribution in [3.8, 4) is 0 Å². The van der Waals surface area contributed by atoms with Gasteiger partial charge in [0, 0.05) is 13.2 Å². The Labute approximate surface area is 87.3 Å². The first-order chi connectivity index (χ1) is 5.52. The molecule has 0 aliphatic carbocycles. The Kier molecular flexibility index (Phi) is 7.92. The molecule has 2 nitrogen and oxygen atoms in total.